The molecule has 0 aliphatic carbocycles. The zero-order valence-corrected chi connectivity index (χ0v) is 10.9. The number of carbonyl (C=O) groups excluding carboxylic acids is 1. The highest BCUT2D eigenvalue weighted by Gasteiger charge is 2.29. The maximum Gasteiger partial charge on any atom is 0.261 e. The summed E-state index contributed by atoms with van der Waals surface area (Å²) < 4.78 is 0. The molecule has 1 aromatic carbocycles. The number of rotatable bonds is 2. The van der Waals surface area contributed by atoms with E-state index in [1.165, 1.54) is 23.1 Å². The number of phenolic OH excluding ortho intramolecular Hbond substituents is 2. The molecule has 1 aliphatic heterocycles. The molecule has 1 aliphatic rings. The molecule has 5 N–H and O–H groups in total. The molecule has 1 aromatic rings. The van der Waals surface area contributed by atoms with Gasteiger partial charge in [0.25, 0.3) is 5.91 Å². The van der Waals surface area contributed by atoms with Crippen LogP contribution >= 0.6 is 0 Å². The molecule has 108 valence electrons. The highest BCUT2D eigenvalue weighted by atomic mass is 16.4. The van der Waals surface area contributed by atoms with Crippen molar-refractivity contribution in [3.63, 3.8) is 0 Å². The molecule has 20 heavy (non-hydrogen) atoms. The quantitative estimate of drug-likeness (QED) is 0.275. The Labute approximate surface area is 115 Å². The monoisotopic (exact) mass is 279 g/mol. The van der Waals surface area contributed by atoms with Gasteiger partial charge in [-0.05, 0) is 25.0 Å². The number of benzene rings is 1. The van der Waals surface area contributed by atoms with Crippen LogP contribution in [0.3, 0.4) is 0 Å². The number of hydrogen-bond donors (Lipinski definition) is 4. The maximum absolute atomic E-state index is 12.4. The van der Waals surface area contributed by atoms with Crippen molar-refractivity contribution in [3.8, 4) is 11.5 Å². The van der Waals surface area contributed by atoms with Gasteiger partial charge < -0.3 is 26.1 Å². The van der Waals surface area contributed by atoms with E-state index in [4.69, 9.17) is 10.9 Å². The van der Waals surface area contributed by atoms with E-state index in [1.807, 2.05) is 0 Å². The van der Waals surface area contributed by atoms with Crippen LogP contribution in [0.15, 0.2) is 23.4 Å². The number of carbonyl (C=O) groups is 1. The Morgan fingerprint density at radius 3 is 2.60 bits per heavy atom. The van der Waals surface area contributed by atoms with Crippen LogP contribution in [0.25, 0.3) is 0 Å². The van der Waals surface area contributed by atoms with Gasteiger partial charge in [-0.3, -0.25) is 4.79 Å². The van der Waals surface area contributed by atoms with Gasteiger partial charge in [0.2, 0.25) is 0 Å². The highest BCUT2D eigenvalue weighted by molar-refractivity contribution is 5.99. The van der Waals surface area contributed by atoms with Crippen molar-refractivity contribution in [2.45, 2.75) is 12.8 Å². The molecule has 7 heteroatoms. The summed E-state index contributed by atoms with van der Waals surface area (Å²) in [6.07, 6.45) is 1.44. The SMILES string of the molecule is N/C(=N/O)C1CCCN(C(=O)c2c(O)cccc2O)C1. The second-order valence-corrected chi connectivity index (χ2v) is 4.79. The second-order valence-electron chi connectivity index (χ2n) is 4.79. The molecule has 1 unspecified atom stereocenters. The number of phenols is 2. The normalized spacial score (nSPS) is 19.9. The fourth-order valence-electron chi connectivity index (χ4n) is 2.39. The number of aromatic hydroxyl groups is 2. The first-order valence-corrected chi connectivity index (χ1v) is 6.32. The van der Waals surface area contributed by atoms with E-state index >= 15 is 0 Å². The minimum absolute atomic E-state index is 0.0870. The summed E-state index contributed by atoms with van der Waals surface area (Å²) in [6, 6.07) is 4.15. The van der Waals surface area contributed by atoms with Crippen LogP contribution in [-0.4, -0.2) is 45.2 Å². The minimum atomic E-state index is -0.462. The first-order chi connectivity index (χ1) is 9.54. The van der Waals surface area contributed by atoms with Crippen molar-refractivity contribution in [3.05, 3.63) is 23.8 Å². The van der Waals surface area contributed by atoms with Gasteiger partial charge in [0.15, 0.2) is 0 Å². The molecule has 0 spiro atoms. The number of nitrogens with two attached hydrogens (primary N) is 1. The van der Waals surface area contributed by atoms with Crippen molar-refractivity contribution < 1.29 is 20.2 Å². The van der Waals surface area contributed by atoms with Crippen LogP contribution in [0.1, 0.15) is 23.2 Å². The molecule has 0 aromatic heterocycles. The largest absolute Gasteiger partial charge is 0.507 e. The van der Waals surface area contributed by atoms with Gasteiger partial charge in [0.05, 0.1) is 0 Å². The second kappa shape index (κ2) is 5.68. The van der Waals surface area contributed by atoms with Gasteiger partial charge >= 0.3 is 0 Å². The van der Waals surface area contributed by atoms with Crippen LogP contribution in [0.2, 0.25) is 0 Å². The third-order valence-corrected chi connectivity index (χ3v) is 3.48. The van der Waals surface area contributed by atoms with Crippen LogP contribution in [0, 0.1) is 5.92 Å². The van der Waals surface area contributed by atoms with Crippen molar-refractivity contribution in [1.82, 2.24) is 4.90 Å². The van der Waals surface area contributed by atoms with Crippen molar-refractivity contribution >= 4 is 11.7 Å². The van der Waals surface area contributed by atoms with Gasteiger partial charge in [-0.2, -0.15) is 0 Å². The van der Waals surface area contributed by atoms with Crippen molar-refractivity contribution in [2.24, 2.45) is 16.8 Å². The molecule has 2 rings (SSSR count). The van der Waals surface area contributed by atoms with E-state index < -0.39 is 5.91 Å². The average Bonchev–Trinajstić information content (AvgIpc) is 2.46. The van der Waals surface area contributed by atoms with Crippen LogP contribution < -0.4 is 5.73 Å². The fourth-order valence-corrected chi connectivity index (χ4v) is 2.39. The van der Waals surface area contributed by atoms with Gasteiger partial charge in [-0.1, -0.05) is 11.2 Å². The zero-order valence-electron chi connectivity index (χ0n) is 10.9. The minimum Gasteiger partial charge on any atom is -0.507 e. The average molecular weight is 279 g/mol. The molecule has 1 atom stereocenters. The summed E-state index contributed by atoms with van der Waals surface area (Å²) in [5.74, 6) is -1.12. The van der Waals surface area contributed by atoms with Crippen molar-refractivity contribution in [2.75, 3.05) is 13.1 Å². The van der Waals surface area contributed by atoms with Gasteiger partial charge in [-0.25, -0.2) is 0 Å². The Morgan fingerprint density at radius 2 is 2.00 bits per heavy atom. The fraction of sp³-hybridized carbons (Fsp3) is 0.385. The number of nitrogens with zero attached hydrogens (tertiary/aromatic N) is 2. The Kier molecular flexibility index (Phi) is 3.97. The maximum atomic E-state index is 12.4. The number of piperidine rings is 1. The highest BCUT2D eigenvalue weighted by Crippen LogP contribution is 2.29. The molecule has 0 bridgehead atoms. The standard InChI is InChI=1S/C13H17N3O4/c14-12(15-20)8-3-2-6-16(7-8)13(19)11-9(17)4-1-5-10(11)18/h1,4-5,8,17-18,20H,2-3,6-7H2,(H2,14,15). The summed E-state index contributed by atoms with van der Waals surface area (Å²) in [6.45, 7) is 0.796. The summed E-state index contributed by atoms with van der Waals surface area (Å²) >= 11 is 0. The number of amidine groups is 1. The lowest BCUT2D eigenvalue weighted by Crippen LogP contribution is -2.44. The summed E-state index contributed by atoms with van der Waals surface area (Å²) in [4.78, 5) is 13.8. The zero-order chi connectivity index (χ0) is 14.7. The van der Waals surface area contributed by atoms with Gasteiger partial charge in [0.1, 0.15) is 22.9 Å². The molecule has 0 radical (unpaired) electrons. The Hall–Kier alpha value is -2.44. The van der Waals surface area contributed by atoms with E-state index in [1.54, 1.807) is 0 Å². The number of oxime groups is 1. The molecule has 1 fully saturated rings. The van der Waals surface area contributed by atoms with Crippen LogP contribution in [0.4, 0.5) is 0 Å². The van der Waals surface area contributed by atoms with Crippen LogP contribution in [-0.2, 0) is 0 Å². The van der Waals surface area contributed by atoms with Gasteiger partial charge in [0, 0.05) is 19.0 Å². The molecular formula is C13H17N3O4. The van der Waals surface area contributed by atoms with Crippen molar-refractivity contribution in [1.29, 1.82) is 0 Å². The first-order valence-electron chi connectivity index (χ1n) is 6.32. The van der Waals surface area contributed by atoms with E-state index in [2.05, 4.69) is 5.16 Å². The lowest BCUT2D eigenvalue weighted by molar-refractivity contribution is 0.0695. The Balaban J connectivity index is 2.21. The van der Waals surface area contributed by atoms with E-state index in [0.29, 0.717) is 19.5 Å². The van der Waals surface area contributed by atoms with E-state index in [-0.39, 0.29) is 28.8 Å². The Morgan fingerprint density at radius 1 is 1.35 bits per heavy atom. The van der Waals surface area contributed by atoms with Gasteiger partial charge in [-0.15, -0.1) is 0 Å². The predicted octanol–water partition coefficient (Wildman–Crippen LogP) is 0.696. The summed E-state index contributed by atoms with van der Waals surface area (Å²) in [5, 5.41) is 31.1. The third-order valence-electron chi connectivity index (χ3n) is 3.48. The predicted molar refractivity (Wildman–Crippen MR) is 71.8 cm³/mol. The molecule has 0 saturated carbocycles. The molecule has 1 amide bonds. The van der Waals surface area contributed by atoms with E-state index in [9.17, 15) is 15.0 Å². The number of likely N-dealkylation sites (tertiary alicyclic amines) is 1. The molecule has 7 nitrogen and oxygen atoms in total. The summed E-state index contributed by atoms with van der Waals surface area (Å²) in [7, 11) is 0. The smallest absolute Gasteiger partial charge is 0.261 e. The van der Waals surface area contributed by atoms with Crippen LogP contribution in [0.5, 0.6) is 11.5 Å². The summed E-state index contributed by atoms with van der Waals surface area (Å²) in [5.41, 5.74) is 5.45. The first kappa shape index (κ1) is 14.0. The third kappa shape index (κ3) is 2.61. The topological polar surface area (TPSA) is 119 Å². The van der Waals surface area contributed by atoms with E-state index in [0.717, 1.165) is 6.42 Å². The molecular weight excluding hydrogens is 262 g/mol. The lowest BCUT2D eigenvalue weighted by Gasteiger charge is -2.32. The number of amides is 1. The lowest BCUT2D eigenvalue weighted by atomic mass is 9.96. The molecule has 1 heterocycles. The number of hydrogen-bond acceptors (Lipinski definition) is 5. The molecule has 1 saturated heterocycles. The Bertz CT molecular complexity index is 524.